The zero-order valence-electron chi connectivity index (χ0n) is 14.4. The predicted molar refractivity (Wildman–Crippen MR) is 92.7 cm³/mol. The van der Waals surface area contributed by atoms with E-state index in [9.17, 15) is 0 Å². The SMILES string of the molecule is COCCCNc1cc(NCCCOC)c2nnc(C3CC3)n2n1. The van der Waals surface area contributed by atoms with Crippen LogP contribution in [0.5, 0.6) is 0 Å². The van der Waals surface area contributed by atoms with Crippen molar-refractivity contribution in [1.82, 2.24) is 19.8 Å². The van der Waals surface area contributed by atoms with Gasteiger partial charge in [-0.25, -0.2) is 0 Å². The monoisotopic (exact) mass is 334 g/mol. The first-order valence-corrected chi connectivity index (χ1v) is 8.55. The number of methoxy groups -OCH3 is 2. The van der Waals surface area contributed by atoms with Gasteiger partial charge in [-0.3, -0.25) is 0 Å². The molecule has 1 aliphatic rings. The van der Waals surface area contributed by atoms with E-state index in [-0.39, 0.29) is 0 Å². The summed E-state index contributed by atoms with van der Waals surface area (Å²) in [4.78, 5) is 0. The molecule has 1 aliphatic carbocycles. The highest BCUT2D eigenvalue weighted by Gasteiger charge is 2.30. The molecule has 8 nitrogen and oxygen atoms in total. The molecule has 2 N–H and O–H groups in total. The molecule has 2 aromatic heterocycles. The predicted octanol–water partition coefficient (Wildman–Crippen LogP) is 1.90. The highest BCUT2D eigenvalue weighted by atomic mass is 16.5. The number of rotatable bonds is 11. The average molecular weight is 334 g/mol. The van der Waals surface area contributed by atoms with Gasteiger partial charge in [0, 0.05) is 52.5 Å². The molecule has 3 rings (SSSR count). The minimum Gasteiger partial charge on any atom is -0.385 e. The number of aromatic nitrogens is 4. The van der Waals surface area contributed by atoms with E-state index in [4.69, 9.17) is 9.47 Å². The van der Waals surface area contributed by atoms with E-state index in [1.54, 1.807) is 14.2 Å². The Kier molecular flexibility index (Phi) is 5.81. The van der Waals surface area contributed by atoms with E-state index < -0.39 is 0 Å². The number of hydrogen-bond acceptors (Lipinski definition) is 7. The maximum Gasteiger partial charge on any atom is 0.201 e. The van der Waals surface area contributed by atoms with Crippen molar-refractivity contribution in [2.24, 2.45) is 0 Å². The second-order valence-electron chi connectivity index (χ2n) is 6.06. The van der Waals surface area contributed by atoms with Gasteiger partial charge in [0.2, 0.25) is 5.65 Å². The normalized spacial score (nSPS) is 14.2. The summed E-state index contributed by atoms with van der Waals surface area (Å²) in [6.45, 7) is 3.10. The molecule has 0 spiro atoms. The molecule has 0 saturated heterocycles. The Labute approximate surface area is 141 Å². The standard InChI is InChI=1S/C16H26N6O2/c1-23-9-3-7-17-13-11-14(18-8-4-10-24-2)21-22-15(12-5-6-12)19-20-16(13)22/h11-12,17H,3-10H2,1-2H3,(H,18,21). The quantitative estimate of drug-likeness (QED) is 0.607. The second kappa shape index (κ2) is 8.25. The largest absolute Gasteiger partial charge is 0.385 e. The Morgan fingerprint density at radius 2 is 1.79 bits per heavy atom. The molecule has 24 heavy (non-hydrogen) atoms. The van der Waals surface area contributed by atoms with Gasteiger partial charge in [0.05, 0.1) is 5.69 Å². The van der Waals surface area contributed by atoms with E-state index in [2.05, 4.69) is 25.9 Å². The van der Waals surface area contributed by atoms with Crippen LogP contribution >= 0.6 is 0 Å². The van der Waals surface area contributed by atoms with Crippen molar-refractivity contribution in [2.45, 2.75) is 31.6 Å². The van der Waals surface area contributed by atoms with Crippen molar-refractivity contribution in [3.05, 3.63) is 11.9 Å². The van der Waals surface area contributed by atoms with Crippen molar-refractivity contribution < 1.29 is 9.47 Å². The third kappa shape index (κ3) is 4.12. The van der Waals surface area contributed by atoms with Gasteiger partial charge in [-0.1, -0.05) is 0 Å². The molecule has 0 radical (unpaired) electrons. The molecule has 0 aromatic carbocycles. The van der Waals surface area contributed by atoms with Gasteiger partial charge in [0.25, 0.3) is 0 Å². The molecule has 0 atom stereocenters. The smallest absolute Gasteiger partial charge is 0.201 e. The maximum atomic E-state index is 5.10. The lowest BCUT2D eigenvalue weighted by molar-refractivity contribution is 0.197. The molecule has 2 aromatic rings. The van der Waals surface area contributed by atoms with Crippen LogP contribution in [0.1, 0.15) is 37.4 Å². The maximum absolute atomic E-state index is 5.10. The molecule has 0 amide bonds. The summed E-state index contributed by atoms with van der Waals surface area (Å²) in [6, 6.07) is 2.00. The summed E-state index contributed by atoms with van der Waals surface area (Å²) >= 11 is 0. The molecule has 132 valence electrons. The van der Waals surface area contributed by atoms with Gasteiger partial charge in [-0.2, -0.15) is 4.52 Å². The molecule has 2 heterocycles. The summed E-state index contributed by atoms with van der Waals surface area (Å²) in [6.07, 6.45) is 4.21. The van der Waals surface area contributed by atoms with Crippen LogP contribution in [0, 0.1) is 0 Å². The zero-order chi connectivity index (χ0) is 16.8. The Morgan fingerprint density at radius 1 is 1.08 bits per heavy atom. The minimum absolute atomic E-state index is 0.498. The van der Waals surface area contributed by atoms with Crippen LogP contribution in [0.15, 0.2) is 6.07 Å². The molecular weight excluding hydrogens is 308 g/mol. The van der Waals surface area contributed by atoms with Crippen LogP contribution in [0.3, 0.4) is 0 Å². The fourth-order valence-electron chi connectivity index (χ4n) is 2.58. The highest BCUT2D eigenvalue weighted by Crippen LogP contribution is 2.39. The molecule has 8 heteroatoms. The first-order valence-electron chi connectivity index (χ1n) is 8.55. The fraction of sp³-hybridized carbons (Fsp3) is 0.688. The molecule has 1 fully saturated rings. The Bertz CT molecular complexity index is 655. The van der Waals surface area contributed by atoms with Gasteiger partial charge in [0.1, 0.15) is 5.82 Å². The Morgan fingerprint density at radius 3 is 2.46 bits per heavy atom. The van der Waals surface area contributed by atoms with Crippen LogP contribution in [0.2, 0.25) is 0 Å². The summed E-state index contributed by atoms with van der Waals surface area (Å²) in [7, 11) is 3.43. The van der Waals surface area contributed by atoms with Crippen molar-refractivity contribution in [3.8, 4) is 0 Å². The topological polar surface area (TPSA) is 85.6 Å². The van der Waals surface area contributed by atoms with E-state index in [0.29, 0.717) is 5.92 Å². The number of nitrogens with one attached hydrogen (secondary N) is 2. The van der Waals surface area contributed by atoms with Gasteiger partial charge < -0.3 is 20.1 Å². The second-order valence-corrected chi connectivity index (χ2v) is 6.06. The van der Waals surface area contributed by atoms with Crippen molar-refractivity contribution in [3.63, 3.8) is 0 Å². The van der Waals surface area contributed by atoms with Crippen LogP contribution in [0.4, 0.5) is 11.5 Å². The van der Waals surface area contributed by atoms with Gasteiger partial charge in [-0.05, 0) is 25.7 Å². The van der Waals surface area contributed by atoms with Crippen LogP contribution in [0.25, 0.3) is 5.65 Å². The van der Waals surface area contributed by atoms with E-state index in [0.717, 1.165) is 62.1 Å². The van der Waals surface area contributed by atoms with Gasteiger partial charge in [-0.15, -0.1) is 15.3 Å². The lowest BCUT2D eigenvalue weighted by atomic mass is 10.3. The molecule has 1 saturated carbocycles. The molecule has 0 unspecified atom stereocenters. The van der Waals surface area contributed by atoms with Crippen LogP contribution in [-0.2, 0) is 9.47 Å². The van der Waals surface area contributed by atoms with Gasteiger partial charge >= 0.3 is 0 Å². The van der Waals surface area contributed by atoms with Crippen LogP contribution in [-0.4, -0.2) is 60.3 Å². The van der Waals surface area contributed by atoms with E-state index in [1.165, 1.54) is 12.8 Å². The summed E-state index contributed by atoms with van der Waals surface area (Å²) in [5, 5.41) is 20.2. The fourth-order valence-corrected chi connectivity index (χ4v) is 2.58. The summed E-state index contributed by atoms with van der Waals surface area (Å²) < 4.78 is 12.1. The number of anilines is 2. The van der Waals surface area contributed by atoms with Crippen LogP contribution < -0.4 is 10.6 Å². The number of ether oxygens (including phenoxy) is 2. The molecule has 0 bridgehead atoms. The average Bonchev–Trinajstić information content (AvgIpc) is 3.35. The number of hydrogen-bond donors (Lipinski definition) is 2. The first-order chi connectivity index (χ1) is 11.8. The van der Waals surface area contributed by atoms with Gasteiger partial charge in [0.15, 0.2) is 5.82 Å². The first kappa shape index (κ1) is 16.9. The molecule has 0 aliphatic heterocycles. The minimum atomic E-state index is 0.498. The zero-order valence-corrected chi connectivity index (χ0v) is 14.4. The lowest BCUT2D eigenvalue weighted by Gasteiger charge is -2.11. The third-order valence-electron chi connectivity index (χ3n) is 4.01. The Balaban J connectivity index is 1.77. The van der Waals surface area contributed by atoms with E-state index in [1.807, 2.05) is 10.6 Å². The third-order valence-corrected chi connectivity index (χ3v) is 4.01. The van der Waals surface area contributed by atoms with E-state index >= 15 is 0 Å². The summed E-state index contributed by atoms with van der Waals surface area (Å²) in [5.41, 5.74) is 1.74. The lowest BCUT2D eigenvalue weighted by Crippen LogP contribution is -2.11. The van der Waals surface area contributed by atoms with Crippen molar-refractivity contribution in [1.29, 1.82) is 0 Å². The summed E-state index contributed by atoms with van der Waals surface area (Å²) in [5.74, 6) is 2.29. The number of fused-ring (bicyclic) bond motifs is 1. The highest BCUT2D eigenvalue weighted by molar-refractivity contribution is 5.70. The number of nitrogens with zero attached hydrogens (tertiary/aromatic N) is 4. The van der Waals surface area contributed by atoms with Crippen molar-refractivity contribution in [2.75, 3.05) is 51.2 Å². The molecular formula is C16H26N6O2. The Hall–Kier alpha value is -1.93. The van der Waals surface area contributed by atoms with Crippen molar-refractivity contribution >= 4 is 17.2 Å².